The van der Waals surface area contributed by atoms with E-state index < -0.39 is 6.67 Å². The third-order valence-electron chi connectivity index (χ3n) is 3.43. The lowest BCUT2D eigenvalue weighted by Crippen LogP contribution is -2.11. The first-order valence-electron chi connectivity index (χ1n) is 6.05. The zero-order valence-corrected chi connectivity index (χ0v) is 9.67. The van der Waals surface area contributed by atoms with Gasteiger partial charge in [-0.05, 0) is 55.1 Å². The van der Waals surface area contributed by atoms with Gasteiger partial charge in [-0.2, -0.15) is 0 Å². The first-order chi connectivity index (χ1) is 8.36. The Morgan fingerprint density at radius 1 is 1.35 bits per heavy atom. The highest BCUT2D eigenvalue weighted by molar-refractivity contribution is 5.51. The number of hydrogen-bond acceptors (Lipinski definition) is 3. The minimum atomic E-state index is -0.452. The van der Waals surface area contributed by atoms with Gasteiger partial charge in [0.15, 0.2) is 11.5 Å². The first kappa shape index (κ1) is 10.8. The fraction of sp³-hybridized carbons (Fsp3) is 0.538. The van der Waals surface area contributed by atoms with Crippen LogP contribution in [0.4, 0.5) is 4.39 Å². The van der Waals surface area contributed by atoms with Crippen LogP contribution in [-0.4, -0.2) is 19.9 Å². The van der Waals surface area contributed by atoms with Crippen LogP contribution in [0.15, 0.2) is 12.1 Å². The van der Waals surface area contributed by atoms with Crippen LogP contribution in [0.1, 0.15) is 17.5 Å². The van der Waals surface area contributed by atoms with Crippen molar-refractivity contribution in [3.63, 3.8) is 0 Å². The van der Waals surface area contributed by atoms with Crippen LogP contribution in [0, 0.1) is 5.92 Å². The van der Waals surface area contributed by atoms with Crippen LogP contribution in [0.2, 0.25) is 0 Å². The van der Waals surface area contributed by atoms with E-state index in [-0.39, 0.29) is 6.79 Å². The van der Waals surface area contributed by atoms with Gasteiger partial charge < -0.3 is 14.8 Å². The maximum absolute atomic E-state index is 12.8. The molecule has 1 saturated heterocycles. The summed E-state index contributed by atoms with van der Waals surface area (Å²) in [5, 5.41) is 3.34. The molecule has 1 aromatic carbocycles. The molecule has 3 rings (SSSR count). The summed E-state index contributed by atoms with van der Waals surface area (Å²) in [5.74, 6) is 2.13. The molecule has 1 fully saturated rings. The molecule has 4 heteroatoms. The zero-order valence-electron chi connectivity index (χ0n) is 9.67. The molecule has 0 bridgehead atoms. The normalized spacial score (nSPS) is 22.1. The Balaban J connectivity index is 1.88. The molecule has 2 aliphatic rings. The Labute approximate surface area is 99.9 Å². The molecule has 3 nitrogen and oxygen atoms in total. The molecule has 2 aliphatic heterocycles. The molecule has 0 aliphatic carbocycles. The molecule has 1 N–H and O–H groups in total. The average Bonchev–Trinajstić information content (AvgIpc) is 2.98. The highest BCUT2D eigenvalue weighted by atomic mass is 19.1. The Bertz CT molecular complexity index is 416. The largest absolute Gasteiger partial charge is 0.454 e. The topological polar surface area (TPSA) is 30.5 Å². The minimum absolute atomic E-state index is 0.251. The van der Waals surface area contributed by atoms with E-state index in [1.807, 2.05) is 6.07 Å². The predicted octanol–water partition coefficient (Wildman–Crippen LogP) is 2.04. The summed E-state index contributed by atoms with van der Waals surface area (Å²) in [6.45, 7) is 1.91. The molecule has 0 spiro atoms. The summed E-state index contributed by atoms with van der Waals surface area (Å²) < 4.78 is 23.6. The third kappa shape index (κ3) is 2.09. The van der Waals surface area contributed by atoms with Gasteiger partial charge in [0.05, 0.1) is 0 Å². The van der Waals surface area contributed by atoms with Gasteiger partial charge in [-0.15, -0.1) is 0 Å². The zero-order chi connectivity index (χ0) is 11.7. The lowest BCUT2D eigenvalue weighted by atomic mass is 9.96. The maximum atomic E-state index is 12.8. The van der Waals surface area contributed by atoms with Gasteiger partial charge in [0.2, 0.25) is 6.79 Å². The van der Waals surface area contributed by atoms with Gasteiger partial charge in [0.1, 0.15) is 6.67 Å². The van der Waals surface area contributed by atoms with Crippen molar-refractivity contribution < 1.29 is 13.9 Å². The van der Waals surface area contributed by atoms with E-state index in [0.717, 1.165) is 30.8 Å². The monoisotopic (exact) mass is 237 g/mol. The standard InChI is InChI=1S/C13H16FNO2/c14-6-10-4-11(3-9-1-2-15-7-9)13-12(5-10)16-8-17-13/h4-5,9,15H,1-3,6-8H2. The van der Waals surface area contributed by atoms with Crippen molar-refractivity contribution in [3.05, 3.63) is 23.3 Å². The van der Waals surface area contributed by atoms with Crippen LogP contribution in [-0.2, 0) is 13.1 Å². The Kier molecular flexibility index (Phi) is 2.89. The van der Waals surface area contributed by atoms with Gasteiger partial charge in [0.25, 0.3) is 0 Å². The van der Waals surface area contributed by atoms with Crippen LogP contribution in [0.3, 0.4) is 0 Å². The summed E-state index contributed by atoms with van der Waals surface area (Å²) in [6, 6.07) is 3.64. The van der Waals surface area contributed by atoms with Gasteiger partial charge in [-0.1, -0.05) is 0 Å². The Hall–Kier alpha value is -1.29. The van der Waals surface area contributed by atoms with Crippen molar-refractivity contribution in [1.29, 1.82) is 0 Å². The Morgan fingerprint density at radius 3 is 3.06 bits per heavy atom. The molecular weight excluding hydrogens is 221 g/mol. The van der Waals surface area contributed by atoms with Gasteiger partial charge in [-0.25, -0.2) is 4.39 Å². The Morgan fingerprint density at radius 2 is 2.29 bits per heavy atom. The van der Waals surface area contributed by atoms with Gasteiger partial charge >= 0.3 is 0 Å². The van der Waals surface area contributed by atoms with Crippen molar-refractivity contribution >= 4 is 0 Å². The summed E-state index contributed by atoms with van der Waals surface area (Å²) in [6.07, 6.45) is 2.11. The van der Waals surface area contributed by atoms with E-state index in [0.29, 0.717) is 17.2 Å². The molecular formula is C13H16FNO2. The van der Waals surface area contributed by atoms with Crippen molar-refractivity contribution in [2.75, 3.05) is 19.9 Å². The van der Waals surface area contributed by atoms with E-state index in [2.05, 4.69) is 5.32 Å². The summed E-state index contributed by atoms with van der Waals surface area (Å²) in [4.78, 5) is 0. The van der Waals surface area contributed by atoms with Crippen LogP contribution >= 0.6 is 0 Å². The SMILES string of the molecule is FCc1cc(CC2CCNC2)c2c(c1)OCO2. The maximum Gasteiger partial charge on any atom is 0.231 e. The number of halogens is 1. The first-order valence-corrected chi connectivity index (χ1v) is 6.05. The highest BCUT2D eigenvalue weighted by Crippen LogP contribution is 2.38. The second-order valence-corrected chi connectivity index (χ2v) is 4.69. The highest BCUT2D eigenvalue weighted by Gasteiger charge is 2.23. The lowest BCUT2D eigenvalue weighted by molar-refractivity contribution is 0.173. The fourth-order valence-electron chi connectivity index (χ4n) is 2.57. The van der Waals surface area contributed by atoms with Crippen LogP contribution in [0.25, 0.3) is 0 Å². The molecule has 0 radical (unpaired) electrons. The van der Waals surface area contributed by atoms with E-state index >= 15 is 0 Å². The quantitative estimate of drug-likeness (QED) is 0.872. The van der Waals surface area contributed by atoms with Crippen LogP contribution in [0.5, 0.6) is 11.5 Å². The molecule has 0 saturated carbocycles. The second-order valence-electron chi connectivity index (χ2n) is 4.69. The number of ether oxygens (including phenoxy) is 2. The second kappa shape index (κ2) is 4.53. The summed E-state index contributed by atoms with van der Waals surface area (Å²) in [5.41, 5.74) is 1.76. The molecule has 17 heavy (non-hydrogen) atoms. The molecule has 0 amide bonds. The molecule has 2 heterocycles. The van der Waals surface area contributed by atoms with E-state index in [9.17, 15) is 4.39 Å². The average molecular weight is 237 g/mol. The smallest absolute Gasteiger partial charge is 0.231 e. The molecule has 0 aromatic heterocycles. The lowest BCUT2D eigenvalue weighted by Gasteiger charge is -2.11. The molecule has 1 aromatic rings. The van der Waals surface area contributed by atoms with Crippen molar-refractivity contribution in [1.82, 2.24) is 5.32 Å². The molecule has 1 atom stereocenters. The van der Waals surface area contributed by atoms with Gasteiger partial charge in [0, 0.05) is 0 Å². The van der Waals surface area contributed by atoms with Crippen molar-refractivity contribution in [3.8, 4) is 11.5 Å². The minimum Gasteiger partial charge on any atom is -0.454 e. The number of alkyl halides is 1. The number of rotatable bonds is 3. The molecule has 1 unspecified atom stereocenters. The third-order valence-corrected chi connectivity index (χ3v) is 3.43. The van der Waals surface area contributed by atoms with E-state index in [4.69, 9.17) is 9.47 Å². The number of hydrogen-bond donors (Lipinski definition) is 1. The van der Waals surface area contributed by atoms with Crippen LogP contribution < -0.4 is 14.8 Å². The predicted molar refractivity (Wildman–Crippen MR) is 62.1 cm³/mol. The summed E-state index contributed by atoms with van der Waals surface area (Å²) >= 11 is 0. The van der Waals surface area contributed by atoms with E-state index in [1.54, 1.807) is 6.07 Å². The van der Waals surface area contributed by atoms with Crippen molar-refractivity contribution in [2.45, 2.75) is 19.5 Å². The summed E-state index contributed by atoms with van der Waals surface area (Å²) in [7, 11) is 0. The van der Waals surface area contributed by atoms with E-state index in [1.165, 1.54) is 6.42 Å². The number of fused-ring (bicyclic) bond motifs is 1. The van der Waals surface area contributed by atoms with Crippen molar-refractivity contribution in [2.24, 2.45) is 5.92 Å². The molecule has 92 valence electrons. The number of benzene rings is 1. The number of nitrogens with one attached hydrogen (secondary N) is 1. The van der Waals surface area contributed by atoms with Gasteiger partial charge in [-0.3, -0.25) is 0 Å². The fourth-order valence-corrected chi connectivity index (χ4v) is 2.57.